The Morgan fingerprint density at radius 3 is 3.00 bits per heavy atom. The number of aromatic nitrogens is 2. The average molecular weight is 338 g/mol. The Morgan fingerprint density at radius 2 is 2.33 bits per heavy atom. The highest BCUT2D eigenvalue weighted by Gasteiger charge is 2.28. The Bertz CT molecular complexity index is 403. The molecule has 0 radical (unpaired) electrons. The Balaban J connectivity index is 2.24. The molecule has 0 bridgehead atoms. The van der Waals surface area contributed by atoms with Crippen molar-refractivity contribution >= 4 is 37.8 Å². The van der Waals surface area contributed by atoms with Crippen LogP contribution in [0.4, 0.5) is 0 Å². The van der Waals surface area contributed by atoms with Crippen LogP contribution in [0.25, 0.3) is 0 Å². The highest BCUT2D eigenvalue weighted by molar-refractivity contribution is 9.13. The van der Waals surface area contributed by atoms with Gasteiger partial charge in [0.05, 0.1) is 13.0 Å². The van der Waals surface area contributed by atoms with E-state index < -0.39 is 0 Å². The SMILES string of the molecule is COC(=O)C1CCn2c(nc(Br)c2Br)C1. The number of halogens is 2. The molecule has 0 N–H and O–H groups in total. The van der Waals surface area contributed by atoms with Crippen LogP contribution in [0.2, 0.25) is 0 Å². The van der Waals surface area contributed by atoms with Gasteiger partial charge in [0.1, 0.15) is 15.0 Å². The predicted molar refractivity (Wildman–Crippen MR) is 61.5 cm³/mol. The summed E-state index contributed by atoms with van der Waals surface area (Å²) in [7, 11) is 1.43. The van der Waals surface area contributed by atoms with Crippen LogP contribution >= 0.6 is 31.9 Å². The van der Waals surface area contributed by atoms with E-state index in [1.807, 2.05) is 0 Å². The number of hydrogen-bond donors (Lipinski definition) is 0. The number of ether oxygens (including phenoxy) is 1. The van der Waals surface area contributed by atoms with Gasteiger partial charge in [-0.25, -0.2) is 4.98 Å². The standard InChI is InChI=1S/C9H10Br2N2O2/c1-15-9(14)5-2-3-13-6(4-5)12-7(10)8(13)11/h5H,2-4H2,1H3. The molecule has 4 nitrogen and oxygen atoms in total. The molecule has 0 aliphatic carbocycles. The number of imidazole rings is 1. The first-order valence-electron chi connectivity index (χ1n) is 4.61. The molecule has 1 aliphatic heterocycles. The first-order chi connectivity index (χ1) is 7.13. The third-order valence-corrected chi connectivity index (χ3v) is 4.50. The van der Waals surface area contributed by atoms with Gasteiger partial charge in [0, 0.05) is 13.0 Å². The molecule has 2 rings (SSSR count). The predicted octanol–water partition coefficient (Wildman–Crippen LogP) is 2.14. The third kappa shape index (κ3) is 1.97. The lowest BCUT2D eigenvalue weighted by Crippen LogP contribution is -2.26. The Labute approximate surface area is 104 Å². The van der Waals surface area contributed by atoms with Crippen LogP contribution in [-0.4, -0.2) is 22.6 Å². The van der Waals surface area contributed by atoms with Crippen LogP contribution in [0.1, 0.15) is 12.2 Å². The topological polar surface area (TPSA) is 44.1 Å². The summed E-state index contributed by atoms with van der Waals surface area (Å²) in [6.45, 7) is 0.800. The first kappa shape index (κ1) is 11.1. The second-order valence-electron chi connectivity index (χ2n) is 3.47. The zero-order valence-electron chi connectivity index (χ0n) is 8.17. The maximum Gasteiger partial charge on any atom is 0.309 e. The Hall–Kier alpha value is -0.360. The monoisotopic (exact) mass is 336 g/mol. The van der Waals surface area contributed by atoms with E-state index in [0.29, 0.717) is 6.42 Å². The summed E-state index contributed by atoms with van der Waals surface area (Å²) in [6, 6.07) is 0. The largest absolute Gasteiger partial charge is 0.469 e. The second-order valence-corrected chi connectivity index (χ2v) is 4.98. The number of carbonyl (C=O) groups is 1. The lowest BCUT2D eigenvalue weighted by atomic mass is 9.98. The minimum absolute atomic E-state index is 0.0521. The van der Waals surface area contributed by atoms with Gasteiger partial charge in [0.25, 0.3) is 0 Å². The zero-order chi connectivity index (χ0) is 11.0. The van der Waals surface area contributed by atoms with Gasteiger partial charge in [0.2, 0.25) is 0 Å². The average Bonchev–Trinajstić information content (AvgIpc) is 2.53. The fourth-order valence-corrected chi connectivity index (χ4v) is 2.69. The van der Waals surface area contributed by atoms with Gasteiger partial charge in [0.15, 0.2) is 0 Å². The van der Waals surface area contributed by atoms with Crippen molar-refractivity contribution in [3.05, 3.63) is 15.0 Å². The van der Waals surface area contributed by atoms with E-state index in [2.05, 4.69) is 41.4 Å². The van der Waals surface area contributed by atoms with E-state index in [-0.39, 0.29) is 11.9 Å². The number of methoxy groups -OCH3 is 1. The number of esters is 1. The minimum atomic E-state index is -0.142. The lowest BCUT2D eigenvalue weighted by molar-refractivity contribution is -0.146. The van der Waals surface area contributed by atoms with E-state index in [4.69, 9.17) is 4.74 Å². The van der Waals surface area contributed by atoms with Gasteiger partial charge >= 0.3 is 5.97 Å². The van der Waals surface area contributed by atoms with Crippen molar-refractivity contribution in [1.82, 2.24) is 9.55 Å². The van der Waals surface area contributed by atoms with Crippen molar-refractivity contribution in [2.75, 3.05) is 7.11 Å². The van der Waals surface area contributed by atoms with Crippen LogP contribution in [0.3, 0.4) is 0 Å². The molecule has 82 valence electrons. The van der Waals surface area contributed by atoms with Gasteiger partial charge in [-0.2, -0.15) is 0 Å². The summed E-state index contributed by atoms with van der Waals surface area (Å²) in [6.07, 6.45) is 1.46. The summed E-state index contributed by atoms with van der Waals surface area (Å²) in [4.78, 5) is 15.7. The van der Waals surface area contributed by atoms with Gasteiger partial charge in [-0.15, -0.1) is 0 Å². The molecule has 2 heterocycles. The van der Waals surface area contributed by atoms with E-state index in [0.717, 1.165) is 28.0 Å². The molecule has 1 unspecified atom stereocenters. The van der Waals surface area contributed by atoms with Crippen molar-refractivity contribution in [2.45, 2.75) is 19.4 Å². The summed E-state index contributed by atoms with van der Waals surface area (Å²) in [5.74, 6) is 0.732. The van der Waals surface area contributed by atoms with Crippen molar-refractivity contribution in [1.29, 1.82) is 0 Å². The fraction of sp³-hybridized carbons (Fsp3) is 0.556. The smallest absolute Gasteiger partial charge is 0.309 e. The maximum atomic E-state index is 11.4. The molecule has 6 heteroatoms. The molecule has 1 aromatic heterocycles. The highest BCUT2D eigenvalue weighted by Crippen LogP contribution is 2.30. The number of fused-ring (bicyclic) bond motifs is 1. The number of rotatable bonds is 1. The Kier molecular flexibility index (Phi) is 3.16. The molecule has 0 aromatic carbocycles. The van der Waals surface area contributed by atoms with Crippen LogP contribution in [0.5, 0.6) is 0 Å². The number of carbonyl (C=O) groups excluding carboxylic acids is 1. The van der Waals surface area contributed by atoms with Gasteiger partial charge in [-0.3, -0.25) is 4.79 Å². The normalized spacial score (nSPS) is 19.8. The second kappa shape index (κ2) is 4.25. The van der Waals surface area contributed by atoms with Crippen molar-refractivity contribution < 1.29 is 9.53 Å². The molecule has 1 aliphatic rings. The molecule has 1 atom stereocenters. The summed E-state index contributed by atoms with van der Waals surface area (Å²) < 4.78 is 8.55. The molecule has 0 saturated carbocycles. The van der Waals surface area contributed by atoms with E-state index >= 15 is 0 Å². The quantitative estimate of drug-likeness (QED) is 0.737. The van der Waals surface area contributed by atoms with Crippen molar-refractivity contribution in [2.24, 2.45) is 5.92 Å². The molecule has 15 heavy (non-hydrogen) atoms. The number of nitrogens with zero attached hydrogens (tertiary/aromatic N) is 2. The summed E-state index contributed by atoms with van der Waals surface area (Å²) >= 11 is 6.80. The van der Waals surface area contributed by atoms with Gasteiger partial charge < -0.3 is 9.30 Å². The molecular formula is C9H10Br2N2O2. The van der Waals surface area contributed by atoms with Crippen molar-refractivity contribution in [3.8, 4) is 0 Å². The van der Waals surface area contributed by atoms with E-state index in [1.54, 1.807) is 0 Å². The molecule has 0 fully saturated rings. The van der Waals surface area contributed by atoms with Gasteiger partial charge in [-0.1, -0.05) is 0 Å². The van der Waals surface area contributed by atoms with E-state index in [1.165, 1.54) is 7.11 Å². The molecule has 0 spiro atoms. The summed E-state index contributed by atoms with van der Waals surface area (Å²) in [5, 5.41) is 0. The molecule has 0 saturated heterocycles. The first-order valence-corrected chi connectivity index (χ1v) is 6.20. The Morgan fingerprint density at radius 1 is 1.60 bits per heavy atom. The maximum absolute atomic E-state index is 11.4. The highest BCUT2D eigenvalue weighted by atomic mass is 79.9. The fourth-order valence-electron chi connectivity index (χ4n) is 1.80. The molecule has 1 aromatic rings. The molecular weight excluding hydrogens is 328 g/mol. The number of hydrogen-bond acceptors (Lipinski definition) is 3. The van der Waals surface area contributed by atoms with Crippen molar-refractivity contribution in [3.63, 3.8) is 0 Å². The summed E-state index contributed by atoms with van der Waals surface area (Å²) in [5.41, 5.74) is 0. The lowest BCUT2D eigenvalue weighted by Gasteiger charge is -2.21. The zero-order valence-corrected chi connectivity index (χ0v) is 11.3. The third-order valence-electron chi connectivity index (χ3n) is 2.61. The van der Waals surface area contributed by atoms with E-state index in [9.17, 15) is 4.79 Å². The van der Waals surface area contributed by atoms with Gasteiger partial charge in [-0.05, 0) is 38.3 Å². The van der Waals surface area contributed by atoms with Crippen LogP contribution < -0.4 is 0 Å². The van der Waals surface area contributed by atoms with Crippen LogP contribution in [-0.2, 0) is 22.5 Å². The van der Waals surface area contributed by atoms with Crippen LogP contribution in [0.15, 0.2) is 9.21 Å². The minimum Gasteiger partial charge on any atom is -0.469 e. The molecule has 0 amide bonds. The van der Waals surface area contributed by atoms with Crippen LogP contribution in [0, 0.1) is 5.92 Å².